The topological polar surface area (TPSA) is 307 Å². The first-order chi connectivity index (χ1) is 44.8. The van der Waals surface area contributed by atoms with Gasteiger partial charge in [0.05, 0.1) is 38.6 Å². The van der Waals surface area contributed by atoms with Crippen molar-refractivity contribution in [3.8, 4) is 0 Å². The number of carbonyl (C=O) groups is 1. The monoisotopic (exact) mass is 1310 g/mol. The smallest absolute Gasteiger partial charge is 0.220 e. The van der Waals surface area contributed by atoms with Crippen LogP contribution in [0.1, 0.15) is 251 Å². The SMILES string of the molecule is CC/C=C\C/C=C\C/C=C\C/C=C\CCCCCCCCCCCCCCCCCCCCC(=O)NC(COC1OC(CO)C(OC2OC(CO)C(OC3OC(CO)C(O)C(O)C3O)C(O)C2O)C(O)C1O)C(O)/C=C/CC/C=C/CCCCCCCCCCCC. The molecule has 19 heteroatoms. The number of rotatable bonds is 55. The Labute approximate surface area is 553 Å². The second-order valence-electron chi connectivity index (χ2n) is 25.7. The van der Waals surface area contributed by atoms with Crippen molar-refractivity contribution in [2.75, 3.05) is 26.4 Å². The fourth-order valence-corrected chi connectivity index (χ4v) is 11.9. The van der Waals surface area contributed by atoms with Crippen LogP contribution in [-0.4, -0.2) is 193 Å². The number of aliphatic hydroxyl groups excluding tert-OH is 11. The van der Waals surface area contributed by atoms with Crippen molar-refractivity contribution in [2.24, 2.45) is 0 Å². The van der Waals surface area contributed by atoms with Gasteiger partial charge in [0, 0.05) is 6.42 Å². The standard InChI is InChI=1S/C73H129NO18/c1-3-5-7-9-11-13-15-17-19-21-22-23-24-25-26-27-28-29-30-31-32-33-34-35-37-39-41-43-45-47-49-51-61(79)74-56(57(78)50-48-46-44-42-40-38-36-20-18-16-14-12-10-8-6-4-2)55-87-71-67(85)64(82)69(59(53-76)89-71)92-73-68(86)65(83)70(60(54-77)90-73)91-72-66(84)63(81)62(80)58(52-75)88-72/h5,7,11,13,17,19,22-23,40,42,48,50,56-60,62-73,75-78,80-86H,3-4,6,8-10,12,14-16,18,20-21,24-39,41,43-47,49,51-55H2,1-2H3,(H,74,79)/b7-5-,13-11-,19-17-,23-22-,42-40+,50-48+. The predicted octanol–water partition coefficient (Wildman–Crippen LogP) is 10.1. The number of aliphatic hydroxyl groups is 11. The molecule has 0 aromatic rings. The van der Waals surface area contributed by atoms with Crippen LogP contribution < -0.4 is 5.32 Å². The Morgan fingerprint density at radius 1 is 0.402 bits per heavy atom. The number of hydrogen-bond donors (Lipinski definition) is 12. The average molecular weight is 1310 g/mol. The van der Waals surface area contributed by atoms with Crippen LogP contribution in [0.4, 0.5) is 0 Å². The van der Waals surface area contributed by atoms with Crippen molar-refractivity contribution < 1.29 is 89.4 Å². The zero-order valence-electron chi connectivity index (χ0n) is 56.5. The molecular formula is C73H129NO18. The zero-order chi connectivity index (χ0) is 66.8. The summed E-state index contributed by atoms with van der Waals surface area (Å²) >= 11 is 0. The molecule has 0 bridgehead atoms. The van der Waals surface area contributed by atoms with Gasteiger partial charge in [-0.25, -0.2) is 0 Å². The van der Waals surface area contributed by atoms with Crippen molar-refractivity contribution in [2.45, 2.75) is 356 Å². The van der Waals surface area contributed by atoms with E-state index in [4.69, 9.17) is 28.4 Å². The average Bonchev–Trinajstić information content (AvgIpc) is 0.834. The number of hydrogen-bond acceptors (Lipinski definition) is 18. The number of amides is 1. The molecule has 0 aromatic carbocycles. The van der Waals surface area contributed by atoms with Crippen molar-refractivity contribution >= 4 is 5.91 Å². The number of ether oxygens (including phenoxy) is 6. The lowest BCUT2D eigenvalue weighted by Gasteiger charge is -2.48. The predicted molar refractivity (Wildman–Crippen MR) is 360 cm³/mol. The van der Waals surface area contributed by atoms with Crippen LogP contribution in [0, 0.1) is 0 Å². The molecule has 534 valence electrons. The number of unbranched alkanes of at least 4 members (excludes halogenated alkanes) is 29. The molecule has 0 aliphatic carbocycles. The van der Waals surface area contributed by atoms with Gasteiger partial charge < -0.3 is 89.9 Å². The number of allylic oxidation sites excluding steroid dienone is 11. The highest BCUT2D eigenvalue weighted by molar-refractivity contribution is 5.76. The first-order valence-electron chi connectivity index (χ1n) is 36.2. The maximum atomic E-state index is 13.4. The van der Waals surface area contributed by atoms with Crippen molar-refractivity contribution in [1.82, 2.24) is 5.32 Å². The first-order valence-corrected chi connectivity index (χ1v) is 36.2. The highest BCUT2D eigenvalue weighted by atomic mass is 16.8. The first kappa shape index (κ1) is 83.5. The van der Waals surface area contributed by atoms with Crippen LogP contribution in [0.25, 0.3) is 0 Å². The summed E-state index contributed by atoms with van der Waals surface area (Å²) in [6.07, 6.45) is 41.7. The lowest BCUT2D eigenvalue weighted by molar-refractivity contribution is -0.379. The molecule has 3 aliphatic rings. The van der Waals surface area contributed by atoms with Crippen LogP contribution in [0.5, 0.6) is 0 Å². The van der Waals surface area contributed by atoms with E-state index in [0.717, 1.165) is 64.2 Å². The summed E-state index contributed by atoms with van der Waals surface area (Å²) in [5.74, 6) is -0.285. The summed E-state index contributed by atoms with van der Waals surface area (Å²) in [5.41, 5.74) is 0. The molecule has 0 saturated carbocycles. The van der Waals surface area contributed by atoms with Crippen molar-refractivity contribution in [3.05, 3.63) is 72.9 Å². The molecule has 3 rings (SSSR count). The summed E-state index contributed by atoms with van der Waals surface area (Å²) in [7, 11) is 0. The van der Waals surface area contributed by atoms with Gasteiger partial charge in [-0.3, -0.25) is 4.79 Å². The van der Waals surface area contributed by atoms with E-state index in [1.165, 1.54) is 154 Å². The molecule has 3 saturated heterocycles. The molecule has 0 aromatic heterocycles. The van der Waals surface area contributed by atoms with Crippen LogP contribution in [-0.2, 0) is 33.2 Å². The summed E-state index contributed by atoms with van der Waals surface area (Å²) in [6.45, 7) is 1.61. The van der Waals surface area contributed by atoms with Crippen molar-refractivity contribution in [1.29, 1.82) is 0 Å². The highest BCUT2D eigenvalue weighted by Gasteiger charge is 2.53. The third kappa shape index (κ3) is 35.5. The molecule has 92 heavy (non-hydrogen) atoms. The van der Waals surface area contributed by atoms with Crippen molar-refractivity contribution in [3.63, 3.8) is 0 Å². The second kappa shape index (κ2) is 54.3. The minimum Gasteiger partial charge on any atom is -0.394 e. The normalized spacial score (nSPS) is 28.1. The fourth-order valence-electron chi connectivity index (χ4n) is 11.9. The van der Waals surface area contributed by atoms with Gasteiger partial charge in [-0.05, 0) is 70.6 Å². The Morgan fingerprint density at radius 2 is 0.761 bits per heavy atom. The molecule has 3 heterocycles. The minimum atomic E-state index is -1.98. The van der Waals surface area contributed by atoms with Crippen LogP contribution in [0.15, 0.2) is 72.9 Å². The Bertz CT molecular complexity index is 1950. The van der Waals surface area contributed by atoms with Crippen LogP contribution in [0.3, 0.4) is 0 Å². The quantitative estimate of drug-likeness (QED) is 0.0199. The number of carbonyl (C=O) groups excluding carboxylic acids is 1. The van der Waals surface area contributed by atoms with Gasteiger partial charge in [0.2, 0.25) is 5.91 Å². The van der Waals surface area contributed by atoms with Crippen LogP contribution in [0.2, 0.25) is 0 Å². The van der Waals surface area contributed by atoms with E-state index in [-0.39, 0.29) is 18.9 Å². The molecule has 0 spiro atoms. The van der Waals surface area contributed by atoms with Gasteiger partial charge in [-0.1, -0.05) is 247 Å². The molecule has 17 atom stereocenters. The molecule has 3 aliphatic heterocycles. The summed E-state index contributed by atoms with van der Waals surface area (Å²) in [5, 5.41) is 121. The van der Waals surface area contributed by atoms with E-state index in [2.05, 4.69) is 79.9 Å². The summed E-state index contributed by atoms with van der Waals surface area (Å²) in [4.78, 5) is 13.4. The Kier molecular flexibility index (Phi) is 49.2. The largest absolute Gasteiger partial charge is 0.394 e. The highest BCUT2D eigenvalue weighted by Crippen LogP contribution is 2.33. The molecule has 19 nitrogen and oxygen atoms in total. The van der Waals surface area contributed by atoms with Gasteiger partial charge in [0.1, 0.15) is 73.2 Å². The Morgan fingerprint density at radius 3 is 1.22 bits per heavy atom. The van der Waals surface area contributed by atoms with Gasteiger partial charge in [-0.2, -0.15) is 0 Å². The van der Waals surface area contributed by atoms with Crippen LogP contribution >= 0.6 is 0 Å². The summed E-state index contributed by atoms with van der Waals surface area (Å²) < 4.78 is 34.3. The van der Waals surface area contributed by atoms with E-state index in [1.54, 1.807) is 6.08 Å². The molecule has 12 N–H and O–H groups in total. The zero-order valence-corrected chi connectivity index (χ0v) is 56.5. The Balaban J connectivity index is 1.38. The van der Waals surface area contributed by atoms with E-state index in [0.29, 0.717) is 12.8 Å². The lowest BCUT2D eigenvalue weighted by atomic mass is 9.96. The third-order valence-corrected chi connectivity index (χ3v) is 17.7. The maximum Gasteiger partial charge on any atom is 0.220 e. The molecule has 0 radical (unpaired) electrons. The second-order valence-corrected chi connectivity index (χ2v) is 25.7. The van der Waals surface area contributed by atoms with E-state index >= 15 is 0 Å². The molecule has 3 fully saturated rings. The van der Waals surface area contributed by atoms with E-state index < -0.39 is 124 Å². The fraction of sp³-hybridized carbons (Fsp3) is 0.822. The van der Waals surface area contributed by atoms with Gasteiger partial charge in [0.25, 0.3) is 0 Å². The third-order valence-electron chi connectivity index (χ3n) is 17.7. The van der Waals surface area contributed by atoms with Gasteiger partial charge in [-0.15, -0.1) is 0 Å². The van der Waals surface area contributed by atoms with E-state index in [1.807, 2.05) is 6.08 Å². The molecule has 17 unspecified atom stereocenters. The Hall–Kier alpha value is -2.77. The lowest BCUT2D eigenvalue weighted by Crippen LogP contribution is -2.66. The molecule has 1 amide bonds. The van der Waals surface area contributed by atoms with Gasteiger partial charge >= 0.3 is 0 Å². The molecular weight excluding hydrogens is 1180 g/mol. The minimum absolute atomic E-state index is 0.235. The number of nitrogens with one attached hydrogen (secondary N) is 1. The summed E-state index contributed by atoms with van der Waals surface area (Å²) in [6, 6.07) is -0.992. The maximum absolute atomic E-state index is 13.4. The van der Waals surface area contributed by atoms with Gasteiger partial charge in [0.15, 0.2) is 18.9 Å². The van der Waals surface area contributed by atoms with E-state index in [9.17, 15) is 61.0 Å².